The zero-order valence-electron chi connectivity index (χ0n) is 11.1. The molecule has 0 saturated carbocycles. The fraction of sp³-hybridized carbons (Fsp3) is 0.308. The minimum absolute atomic E-state index is 0.454. The van der Waals surface area contributed by atoms with Crippen molar-refractivity contribution >= 4 is 0 Å². The summed E-state index contributed by atoms with van der Waals surface area (Å²) < 4.78 is 47.0. The van der Waals surface area contributed by atoms with E-state index in [9.17, 15) is 18.3 Å². The second-order valence-electron chi connectivity index (χ2n) is 4.22. The third kappa shape index (κ3) is 4.12. The minimum atomic E-state index is -4.86. The number of benzene rings is 1. The van der Waals surface area contributed by atoms with Crippen molar-refractivity contribution in [1.29, 1.82) is 0 Å². The zero-order chi connectivity index (χ0) is 15.5. The van der Waals surface area contributed by atoms with E-state index >= 15 is 0 Å². The molecule has 0 bridgehead atoms. The number of halogens is 3. The second kappa shape index (κ2) is 6.04. The average Bonchev–Trinajstić information content (AvgIpc) is 2.86. The van der Waals surface area contributed by atoms with Crippen LogP contribution in [-0.4, -0.2) is 35.0 Å². The first-order valence-electron chi connectivity index (χ1n) is 5.99. The van der Waals surface area contributed by atoms with E-state index in [-0.39, 0.29) is 0 Å². The summed E-state index contributed by atoms with van der Waals surface area (Å²) in [7, 11) is 1.56. The lowest BCUT2D eigenvalue weighted by molar-refractivity contribution is -0.275. The zero-order valence-corrected chi connectivity index (χ0v) is 11.1. The van der Waals surface area contributed by atoms with Gasteiger partial charge in [-0.3, -0.25) is 4.68 Å². The fourth-order valence-electron chi connectivity index (χ4n) is 1.72. The molecule has 0 aliphatic rings. The number of alkyl halides is 3. The molecule has 0 spiro atoms. The number of rotatable bonds is 5. The van der Waals surface area contributed by atoms with E-state index in [0.29, 0.717) is 24.3 Å². The monoisotopic (exact) mass is 302 g/mol. The smallest absolute Gasteiger partial charge is 0.504 e. The quantitative estimate of drug-likeness (QED) is 0.922. The van der Waals surface area contributed by atoms with Crippen LogP contribution in [0.5, 0.6) is 11.5 Å². The van der Waals surface area contributed by atoms with Gasteiger partial charge in [0.15, 0.2) is 11.5 Å². The third-order valence-electron chi connectivity index (χ3n) is 2.68. The van der Waals surface area contributed by atoms with Gasteiger partial charge in [-0.05, 0) is 17.7 Å². The molecule has 0 atom stereocenters. The number of methoxy groups -OCH3 is 1. The Labute approximate surface area is 118 Å². The van der Waals surface area contributed by atoms with Gasteiger partial charge in [0.1, 0.15) is 0 Å². The second-order valence-corrected chi connectivity index (χ2v) is 4.22. The molecule has 0 saturated heterocycles. The van der Waals surface area contributed by atoms with Crippen molar-refractivity contribution in [3.63, 3.8) is 0 Å². The first-order chi connectivity index (χ1) is 9.89. The van der Waals surface area contributed by atoms with Gasteiger partial charge < -0.3 is 14.6 Å². The van der Waals surface area contributed by atoms with Gasteiger partial charge in [0.25, 0.3) is 0 Å². The van der Waals surface area contributed by atoms with Crippen molar-refractivity contribution in [3.05, 3.63) is 30.6 Å². The Morgan fingerprint density at radius 1 is 1.29 bits per heavy atom. The van der Waals surface area contributed by atoms with Crippen molar-refractivity contribution in [2.45, 2.75) is 12.9 Å². The molecule has 0 amide bonds. The summed E-state index contributed by atoms with van der Waals surface area (Å²) in [6, 6.07) is 3.74. The highest BCUT2D eigenvalue weighted by atomic mass is 19.4. The molecule has 0 radical (unpaired) electrons. The lowest BCUT2D eigenvalue weighted by Gasteiger charge is -2.11. The van der Waals surface area contributed by atoms with Crippen LogP contribution in [-0.2, 0) is 11.3 Å². The van der Waals surface area contributed by atoms with Gasteiger partial charge in [0.2, 0.25) is 0 Å². The molecule has 1 heterocycles. The van der Waals surface area contributed by atoms with E-state index in [1.807, 2.05) is 0 Å². The van der Waals surface area contributed by atoms with Gasteiger partial charge in [0, 0.05) is 18.9 Å². The van der Waals surface area contributed by atoms with E-state index in [0.717, 1.165) is 12.1 Å². The van der Waals surface area contributed by atoms with Crippen LogP contribution < -0.4 is 4.74 Å². The van der Waals surface area contributed by atoms with Crippen molar-refractivity contribution in [1.82, 2.24) is 9.78 Å². The number of phenolic OH excluding ortho intramolecular Hbond substituents is 1. The van der Waals surface area contributed by atoms with Crippen LogP contribution in [0.25, 0.3) is 11.1 Å². The molecule has 8 heteroatoms. The number of nitrogens with zero attached hydrogens (tertiary/aromatic N) is 2. The van der Waals surface area contributed by atoms with Crippen LogP contribution in [0, 0.1) is 0 Å². The summed E-state index contributed by atoms with van der Waals surface area (Å²) in [4.78, 5) is 0. The number of ether oxygens (including phenoxy) is 2. The molecule has 1 aromatic carbocycles. The SMILES string of the molecule is COCCn1cc(-c2ccc(O)c(OC(F)(F)F)c2)cn1. The molecule has 5 nitrogen and oxygen atoms in total. The molecule has 1 N–H and O–H groups in total. The average molecular weight is 302 g/mol. The maximum absolute atomic E-state index is 12.2. The molecule has 0 aliphatic carbocycles. The topological polar surface area (TPSA) is 56.5 Å². The highest BCUT2D eigenvalue weighted by Gasteiger charge is 2.32. The van der Waals surface area contributed by atoms with Crippen LogP contribution in [0.3, 0.4) is 0 Å². The van der Waals surface area contributed by atoms with Crippen LogP contribution in [0.1, 0.15) is 0 Å². The Kier molecular flexibility index (Phi) is 4.37. The normalized spacial score (nSPS) is 11.6. The Hall–Kier alpha value is -2.22. The summed E-state index contributed by atoms with van der Waals surface area (Å²) in [5.74, 6) is -1.23. The van der Waals surface area contributed by atoms with E-state index in [2.05, 4.69) is 9.84 Å². The molecule has 0 unspecified atom stereocenters. The highest BCUT2D eigenvalue weighted by molar-refractivity contribution is 5.65. The van der Waals surface area contributed by atoms with Crippen molar-refractivity contribution in [2.75, 3.05) is 13.7 Å². The van der Waals surface area contributed by atoms with Crippen molar-refractivity contribution in [2.24, 2.45) is 0 Å². The number of hydrogen-bond donors (Lipinski definition) is 1. The highest BCUT2D eigenvalue weighted by Crippen LogP contribution is 2.35. The van der Waals surface area contributed by atoms with E-state index in [1.165, 1.54) is 12.3 Å². The van der Waals surface area contributed by atoms with Crippen LogP contribution >= 0.6 is 0 Å². The Morgan fingerprint density at radius 3 is 2.71 bits per heavy atom. The van der Waals surface area contributed by atoms with Gasteiger partial charge in [-0.2, -0.15) is 5.10 Å². The number of phenols is 1. The number of aromatic hydroxyl groups is 1. The standard InChI is InChI=1S/C13H13F3N2O3/c1-20-5-4-18-8-10(7-17-18)9-2-3-11(19)12(6-9)21-13(14,15)16/h2-3,6-8,19H,4-5H2,1H3. The summed E-state index contributed by atoms with van der Waals surface area (Å²) in [5, 5.41) is 13.5. The number of hydrogen-bond acceptors (Lipinski definition) is 4. The molecule has 2 rings (SSSR count). The number of aromatic nitrogens is 2. The van der Waals surface area contributed by atoms with E-state index < -0.39 is 17.9 Å². The molecule has 114 valence electrons. The molecule has 0 aliphatic heterocycles. The van der Waals surface area contributed by atoms with Gasteiger partial charge in [-0.25, -0.2) is 0 Å². The largest absolute Gasteiger partial charge is 0.573 e. The van der Waals surface area contributed by atoms with Gasteiger partial charge in [-0.1, -0.05) is 6.07 Å². The maximum atomic E-state index is 12.2. The lowest BCUT2D eigenvalue weighted by Crippen LogP contribution is -2.17. The molecule has 1 aromatic heterocycles. The molecule has 2 aromatic rings. The predicted molar refractivity (Wildman–Crippen MR) is 67.9 cm³/mol. The molecular weight excluding hydrogens is 289 g/mol. The first-order valence-corrected chi connectivity index (χ1v) is 5.99. The first kappa shape index (κ1) is 15.2. The molecular formula is C13H13F3N2O3. The lowest BCUT2D eigenvalue weighted by atomic mass is 10.1. The summed E-state index contributed by atoms with van der Waals surface area (Å²) in [5.41, 5.74) is 1.06. The predicted octanol–water partition coefficient (Wildman–Crippen LogP) is 2.80. The van der Waals surface area contributed by atoms with Crippen molar-refractivity contribution in [3.8, 4) is 22.6 Å². The Balaban J connectivity index is 2.24. The van der Waals surface area contributed by atoms with Gasteiger partial charge >= 0.3 is 6.36 Å². The molecule has 21 heavy (non-hydrogen) atoms. The summed E-state index contributed by atoms with van der Waals surface area (Å²) in [6.45, 7) is 1.000. The van der Waals surface area contributed by atoms with Gasteiger partial charge in [0.05, 0.1) is 19.3 Å². The minimum Gasteiger partial charge on any atom is -0.504 e. The van der Waals surface area contributed by atoms with Crippen molar-refractivity contribution < 1.29 is 27.8 Å². The van der Waals surface area contributed by atoms with Crippen LogP contribution in [0.4, 0.5) is 13.2 Å². The van der Waals surface area contributed by atoms with E-state index in [1.54, 1.807) is 18.0 Å². The van der Waals surface area contributed by atoms with E-state index in [4.69, 9.17) is 4.74 Å². The maximum Gasteiger partial charge on any atom is 0.573 e. The Morgan fingerprint density at radius 2 is 2.05 bits per heavy atom. The van der Waals surface area contributed by atoms with Crippen LogP contribution in [0.2, 0.25) is 0 Å². The summed E-state index contributed by atoms with van der Waals surface area (Å²) >= 11 is 0. The third-order valence-corrected chi connectivity index (χ3v) is 2.68. The summed E-state index contributed by atoms with van der Waals surface area (Å²) in [6.07, 6.45) is -1.68. The fourth-order valence-corrected chi connectivity index (χ4v) is 1.72. The van der Waals surface area contributed by atoms with Crippen LogP contribution in [0.15, 0.2) is 30.6 Å². The van der Waals surface area contributed by atoms with Gasteiger partial charge in [-0.15, -0.1) is 13.2 Å². The Bertz CT molecular complexity index is 611. The molecule has 0 fully saturated rings.